The van der Waals surface area contributed by atoms with Crippen molar-refractivity contribution < 1.29 is 4.79 Å². The van der Waals surface area contributed by atoms with Gasteiger partial charge in [-0.25, -0.2) is 0 Å². The lowest BCUT2D eigenvalue weighted by Gasteiger charge is -2.18. The van der Waals surface area contributed by atoms with Gasteiger partial charge in [-0.1, -0.05) is 69.2 Å². The van der Waals surface area contributed by atoms with Crippen LogP contribution in [-0.4, -0.2) is 22.9 Å². The van der Waals surface area contributed by atoms with Crippen LogP contribution in [0.4, 0.5) is 5.69 Å². The third-order valence-corrected chi connectivity index (χ3v) is 7.08. The highest BCUT2D eigenvalue weighted by Crippen LogP contribution is 2.28. The van der Waals surface area contributed by atoms with Crippen molar-refractivity contribution in [2.24, 2.45) is 5.18 Å². The van der Waals surface area contributed by atoms with Crippen LogP contribution in [-0.2, 0) is 19.4 Å². The summed E-state index contributed by atoms with van der Waals surface area (Å²) in [7, 11) is 0. The number of ketones is 1. The standard InChI is InChI=1S/C30H37N3O2/c1-22(2)30-28(29(34)16-15-23-11-8-14-26(19-23)32-35)20-27(17-18-31-25-12-6-7-13-25)33(30)21-24-9-4-3-5-10-24/h3-5,8-11,14,19-20,22,25,31H,6-7,12-13,15-18,21H2,1-2H3. The highest BCUT2D eigenvalue weighted by atomic mass is 16.3. The lowest BCUT2D eigenvalue weighted by molar-refractivity contribution is 0.0981. The van der Waals surface area contributed by atoms with Gasteiger partial charge in [-0.3, -0.25) is 4.79 Å². The number of aryl methyl sites for hydroxylation is 1. The topological polar surface area (TPSA) is 63.5 Å². The van der Waals surface area contributed by atoms with Crippen LogP contribution in [0.2, 0.25) is 0 Å². The number of aromatic nitrogens is 1. The van der Waals surface area contributed by atoms with Gasteiger partial charge in [0.1, 0.15) is 5.69 Å². The fourth-order valence-electron chi connectivity index (χ4n) is 5.32. The van der Waals surface area contributed by atoms with E-state index in [1.807, 2.05) is 18.2 Å². The Morgan fingerprint density at radius 3 is 2.46 bits per heavy atom. The average molecular weight is 472 g/mol. The molecule has 0 unspecified atom stereocenters. The van der Waals surface area contributed by atoms with Crippen molar-refractivity contribution in [2.45, 2.75) is 77.3 Å². The molecule has 0 bridgehead atoms. The summed E-state index contributed by atoms with van der Waals surface area (Å²) in [6, 6.07) is 20.5. The fourth-order valence-corrected chi connectivity index (χ4v) is 5.32. The lowest BCUT2D eigenvalue weighted by atomic mass is 9.98. The van der Waals surface area contributed by atoms with E-state index in [4.69, 9.17) is 0 Å². The normalized spacial score (nSPS) is 14.0. The van der Waals surface area contributed by atoms with Gasteiger partial charge in [0.15, 0.2) is 5.78 Å². The third-order valence-electron chi connectivity index (χ3n) is 7.08. The summed E-state index contributed by atoms with van der Waals surface area (Å²) in [5, 5.41) is 6.75. The highest BCUT2D eigenvalue weighted by Gasteiger charge is 2.23. The molecule has 4 rings (SSSR count). The van der Waals surface area contributed by atoms with Crippen molar-refractivity contribution in [3.8, 4) is 0 Å². The number of nitroso groups, excluding NO2 is 1. The van der Waals surface area contributed by atoms with Crippen LogP contribution in [0.5, 0.6) is 0 Å². The second-order valence-corrected chi connectivity index (χ2v) is 10.0. The summed E-state index contributed by atoms with van der Waals surface area (Å²) >= 11 is 0. The minimum atomic E-state index is 0.162. The molecule has 0 radical (unpaired) electrons. The first-order valence-corrected chi connectivity index (χ1v) is 13.0. The number of nitrogens with zero attached hydrogens (tertiary/aromatic N) is 2. The first-order valence-electron chi connectivity index (χ1n) is 13.0. The molecule has 1 aromatic heterocycles. The molecule has 5 nitrogen and oxygen atoms in total. The third kappa shape index (κ3) is 6.55. The molecular formula is C30H37N3O2. The maximum absolute atomic E-state index is 13.5. The maximum Gasteiger partial charge on any atom is 0.165 e. The Labute approximate surface area is 208 Å². The molecule has 184 valence electrons. The number of carbonyl (C=O) groups excluding carboxylic acids is 1. The van der Waals surface area contributed by atoms with Crippen LogP contribution in [0.25, 0.3) is 0 Å². The molecule has 0 spiro atoms. The van der Waals surface area contributed by atoms with Gasteiger partial charge in [-0.05, 0) is 59.7 Å². The number of benzene rings is 2. The number of nitrogens with one attached hydrogen (secondary N) is 1. The average Bonchev–Trinajstić information content (AvgIpc) is 3.52. The van der Waals surface area contributed by atoms with Crippen LogP contribution < -0.4 is 5.32 Å². The monoisotopic (exact) mass is 471 g/mol. The number of hydrogen-bond acceptors (Lipinski definition) is 4. The van der Waals surface area contributed by atoms with Gasteiger partial charge >= 0.3 is 0 Å². The molecule has 3 aromatic rings. The fraction of sp³-hybridized carbons (Fsp3) is 0.433. The van der Waals surface area contributed by atoms with E-state index in [1.165, 1.54) is 36.9 Å². The van der Waals surface area contributed by atoms with Gasteiger partial charge in [0.25, 0.3) is 0 Å². The Kier molecular flexibility index (Phi) is 8.64. The van der Waals surface area contributed by atoms with Gasteiger partial charge in [0.05, 0.1) is 0 Å². The summed E-state index contributed by atoms with van der Waals surface area (Å²) < 4.78 is 2.38. The predicted octanol–water partition coefficient (Wildman–Crippen LogP) is 6.95. The zero-order chi connectivity index (χ0) is 24.6. The zero-order valence-electron chi connectivity index (χ0n) is 21.0. The number of rotatable bonds is 12. The van der Waals surface area contributed by atoms with Crippen molar-refractivity contribution in [1.82, 2.24) is 9.88 Å². The van der Waals surface area contributed by atoms with Gasteiger partial charge in [-0.15, -0.1) is 4.91 Å². The van der Waals surface area contributed by atoms with Crippen molar-refractivity contribution in [2.75, 3.05) is 6.54 Å². The molecule has 1 aliphatic carbocycles. The molecular weight excluding hydrogens is 434 g/mol. The lowest BCUT2D eigenvalue weighted by Crippen LogP contribution is -2.28. The Balaban J connectivity index is 1.57. The Morgan fingerprint density at radius 1 is 1.00 bits per heavy atom. The molecule has 5 heteroatoms. The molecule has 1 fully saturated rings. The molecule has 0 amide bonds. The summed E-state index contributed by atoms with van der Waals surface area (Å²) in [4.78, 5) is 24.4. The summed E-state index contributed by atoms with van der Waals surface area (Å²) in [6.07, 6.45) is 7.11. The van der Waals surface area contributed by atoms with E-state index in [1.54, 1.807) is 12.1 Å². The van der Waals surface area contributed by atoms with Gasteiger partial charge < -0.3 is 9.88 Å². The minimum Gasteiger partial charge on any atom is -0.343 e. The Hall–Kier alpha value is -3.05. The van der Waals surface area contributed by atoms with Crippen molar-refractivity contribution >= 4 is 11.5 Å². The molecule has 1 heterocycles. The SMILES string of the molecule is CC(C)c1c(C(=O)CCc2cccc(N=O)c2)cc(CCNC2CCCC2)n1Cc1ccccc1. The minimum absolute atomic E-state index is 0.162. The summed E-state index contributed by atoms with van der Waals surface area (Å²) in [5.41, 5.74) is 5.80. The maximum atomic E-state index is 13.5. The molecule has 0 saturated heterocycles. The Bertz CT molecular complexity index is 1130. The Morgan fingerprint density at radius 2 is 1.74 bits per heavy atom. The summed E-state index contributed by atoms with van der Waals surface area (Å²) in [6.45, 7) is 6.05. The molecule has 1 N–H and O–H groups in total. The number of Topliss-reactive ketones (excluding diaryl/α,β-unsaturated/α-hetero) is 1. The van der Waals surface area contributed by atoms with Crippen molar-refractivity contribution in [1.29, 1.82) is 0 Å². The largest absolute Gasteiger partial charge is 0.343 e. The van der Waals surface area contributed by atoms with Crippen LogP contribution >= 0.6 is 0 Å². The van der Waals surface area contributed by atoms with Crippen LogP contribution in [0, 0.1) is 4.91 Å². The first kappa shape index (κ1) is 25.1. The van der Waals surface area contributed by atoms with E-state index in [0.717, 1.165) is 36.3 Å². The van der Waals surface area contributed by atoms with E-state index in [0.29, 0.717) is 24.6 Å². The van der Waals surface area contributed by atoms with Gasteiger partial charge in [0.2, 0.25) is 0 Å². The molecule has 1 aliphatic rings. The molecule has 35 heavy (non-hydrogen) atoms. The van der Waals surface area contributed by atoms with E-state index in [-0.39, 0.29) is 11.7 Å². The summed E-state index contributed by atoms with van der Waals surface area (Å²) in [5.74, 6) is 0.395. The van der Waals surface area contributed by atoms with E-state index in [2.05, 4.69) is 59.2 Å². The second-order valence-electron chi connectivity index (χ2n) is 10.0. The van der Waals surface area contributed by atoms with E-state index in [9.17, 15) is 9.70 Å². The second kappa shape index (κ2) is 12.1. The van der Waals surface area contributed by atoms with Crippen molar-refractivity contribution in [3.05, 3.63) is 93.6 Å². The van der Waals surface area contributed by atoms with Crippen molar-refractivity contribution in [3.63, 3.8) is 0 Å². The van der Waals surface area contributed by atoms with Crippen LogP contribution in [0.15, 0.2) is 65.8 Å². The smallest absolute Gasteiger partial charge is 0.165 e. The number of carbonyl (C=O) groups is 1. The molecule has 2 aromatic carbocycles. The van der Waals surface area contributed by atoms with E-state index < -0.39 is 0 Å². The molecule has 1 saturated carbocycles. The molecule has 0 aliphatic heterocycles. The predicted molar refractivity (Wildman–Crippen MR) is 143 cm³/mol. The van der Waals surface area contributed by atoms with Crippen LogP contribution in [0.1, 0.15) is 84.7 Å². The quantitative estimate of drug-likeness (QED) is 0.230. The first-order chi connectivity index (χ1) is 17.0. The van der Waals surface area contributed by atoms with Crippen LogP contribution in [0.3, 0.4) is 0 Å². The van der Waals surface area contributed by atoms with E-state index >= 15 is 0 Å². The highest BCUT2D eigenvalue weighted by molar-refractivity contribution is 5.98. The van der Waals surface area contributed by atoms with Gasteiger partial charge in [-0.2, -0.15) is 0 Å². The van der Waals surface area contributed by atoms with Gasteiger partial charge in [0, 0.05) is 48.9 Å². The number of hydrogen-bond donors (Lipinski definition) is 1. The zero-order valence-corrected chi connectivity index (χ0v) is 21.0. The molecule has 0 atom stereocenters.